The van der Waals surface area contributed by atoms with E-state index in [1.165, 1.54) is 5.56 Å². The van der Waals surface area contributed by atoms with Gasteiger partial charge in [-0.25, -0.2) is 9.97 Å². The molecule has 0 bridgehead atoms. The molecule has 0 amide bonds. The summed E-state index contributed by atoms with van der Waals surface area (Å²) in [4.78, 5) is 15.4. The average Bonchev–Trinajstić information content (AvgIpc) is 2.98. The Labute approximate surface area is 125 Å². The van der Waals surface area contributed by atoms with Crippen LogP contribution in [-0.2, 0) is 11.3 Å². The van der Waals surface area contributed by atoms with Crippen LogP contribution in [0.25, 0.3) is 0 Å². The van der Waals surface area contributed by atoms with Crippen LogP contribution in [0.1, 0.15) is 29.4 Å². The van der Waals surface area contributed by atoms with Gasteiger partial charge in [0.05, 0.1) is 0 Å². The summed E-state index contributed by atoms with van der Waals surface area (Å²) in [7, 11) is 1.67. The minimum atomic E-state index is 0.455. The topological polar surface area (TPSA) is 51.1 Å². The number of hydrogen-bond donors (Lipinski definition) is 0. The van der Waals surface area contributed by atoms with Crippen LogP contribution in [0.2, 0.25) is 0 Å². The van der Waals surface area contributed by atoms with E-state index in [0.29, 0.717) is 12.5 Å². The Hall–Kier alpha value is -2.01. The minimum Gasteiger partial charge on any atom is -0.377 e. The highest BCUT2D eigenvalue weighted by Gasteiger charge is 2.25. The molecule has 0 N–H and O–H groups in total. The number of ether oxygens (including phenoxy) is 1. The van der Waals surface area contributed by atoms with Gasteiger partial charge in [-0.2, -0.15) is 0 Å². The first-order valence-electron chi connectivity index (χ1n) is 7.24. The molecule has 2 aromatic heterocycles. The highest BCUT2D eigenvalue weighted by molar-refractivity contribution is 5.42. The van der Waals surface area contributed by atoms with Gasteiger partial charge in [0.25, 0.3) is 0 Å². The first-order valence-corrected chi connectivity index (χ1v) is 7.24. The van der Waals surface area contributed by atoms with Crippen LogP contribution >= 0.6 is 0 Å². The monoisotopic (exact) mass is 284 g/mol. The van der Waals surface area contributed by atoms with Gasteiger partial charge in [-0.1, -0.05) is 0 Å². The van der Waals surface area contributed by atoms with Crippen molar-refractivity contribution in [3.05, 3.63) is 47.7 Å². The molecule has 0 unspecified atom stereocenters. The molecule has 2 aromatic rings. The number of anilines is 1. The maximum atomic E-state index is 5.14. The molecule has 110 valence electrons. The highest BCUT2D eigenvalue weighted by atomic mass is 16.5. The molecule has 1 saturated heterocycles. The molecule has 1 fully saturated rings. The molecule has 5 nitrogen and oxygen atoms in total. The van der Waals surface area contributed by atoms with Crippen LogP contribution in [-0.4, -0.2) is 35.2 Å². The molecule has 1 atom stereocenters. The van der Waals surface area contributed by atoms with Crippen molar-refractivity contribution >= 4 is 5.82 Å². The van der Waals surface area contributed by atoms with Crippen molar-refractivity contribution in [3.63, 3.8) is 0 Å². The minimum absolute atomic E-state index is 0.455. The second-order valence-electron chi connectivity index (χ2n) is 5.43. The molecule has 0 aliphatic carbocycles. The van der Waals surface area contributed by atoms with Crippen molar-refractivity contribution in [1.29, 1.82) is 0 Å². The lowest BCUT2D eigenvalue weighted by Gasteiger charge is -2.18. The zero-order valence-electron chi connectivity index (χ0n) is 12.5. The number of rotatable bonds is 4. The van der Waals surface area contributed by atoms with Gasteiger partial charge < -0.3 is 9.64 Å². The van der Waals surface area contributed by atoms with E-state index < -0.39 is 0 Å². The van der Waals surface area contributed by atoms with Gasteiger partial charge in [-0.05, 0) is 31.0 Å². The molecule has 0 saturated carbocycles. The van der Waals surface area contributed by atoms with E-state index in [1.54, 1.807) is 7.11 Å². The largest absolute Gasteiger partial charge is 0.377 e. The first kappa shape index (κ1) is 13.9. The SMILES string of the molecule is COCc1nc(C)cc(N2CC[C@H](c3ccncc3)C2)n1. The molecule has 5 heteroatoms. The second kappa shape index (κ2) is 6.18. The predicted molar refractivity (Wildman–Crippen MR) is 81.3 cm³/mol. The van der Waals surface area contributed by atoms with Gasteiger partial charge in [-0.15, -0.1) is 0 Å². The van der Waals surface area contributed by atoms with E-state index in [2.05, 4.69) is 32.0 Å². The summed E-state index contributed by atoms with van der Waals surface area (Å²) in [5, 5.41) is 0. The molecule has 0 spiro atoms. The summed E-state index contributed by atoms with van der Waals surface area (Å²) in [5.74, 6) is 2.31. The standard InChI is InChI=1S/C16H20N4O/c1-12-9-16(19-15(18-12)11-21-2)20-8-5-14(10-20)13-3-6-17-7-4-13/h3-4,6-7,9,14H,5,8,10-11H2,1-2H3/t14-/m0/s1. The van der Waals surface area contributed by atoms with Gasteiger partial charge in [0.1, 0.15) is 12.4 Å². The smallest absolute Gasteiger partial charge is 0.156 e. The molecule has 1 aliphatic heterocycles. The number of aryl methyl sites for hydroxylation is 1. The normalized spacial score (nSPS) is 18.2. The van der Waals surface area contributed by atoms with Gasteiger partial charge >= 0.3 is 0 Å². The third-order valence-electron chi connectivity index (χ3n) is 3.85. The zero-order valence-corrected chi connectivity index (χ0v) is 12.5. The number of methoxy groups -OCH3 is 1. The fraction of sp³-hybridized carbons (Fsp3) is 0.438. The Bertz CT molecular complexity index is 602. The Kier molecular flexibility index (Phi) is 4.10. The van der Waals surface area contributed by atoms with Crippen molar-refractivity contribution in [2.45, 2.75) is 25.9 Å². The van der Waals surface area contributed by atoms with Gasteiger partial charge in [-0.3, -0.25) is 4.98 Å². The Morgan fingerprint density at radius 1 is 1.29 bits per heavy atom. The lowest BCUT2D eigenvalue weighted by molar-refractivity contribution is 0.177. The van der Waals surface area contributed by atoms with Crippen LogP contribution in [0, 0.1) is 6.92 Å². The molecule has 3 rings (SSSR count). The molecule has 3 heterocycles. The lowest BCUT2D eigenvalue weighted by Crippen LogP contribution is -2.21. The number of nitrogens with zero attached hydrogens (tertiary/aromatic N) is 4. The summed E-state index contributed by atoms with van der Waals surface area (Å²) in [6.07, 6.45) is 4.87. The number of aromatic nitrogens is 3. The van der Waals surface area contributed by atoms with Crippen LogP contribution in [0.3, 0.4) is 0 Å². The maximum absolute atomic E-state index is 5.14. The van der Waals surface area contributed by atoms with Crippen molar-refractivity contribution in [1.82, 2.24) is 15.0 Å². The summed E-state index contributed by atoms with van der Waals surface area (Å²) < 4.78 is 5.14. The average molecular weight is 284 g/mol. The van der Waals surface area contributed by atoms with Crippen molar-refractivity contribution in [2.75, 3.05) is 25.1 Å². The van der Waals surface area contributed by atoms with Gasteiger partial charge in [0, 0.05) is 50.3 Å². The Balaban J connectivity index is 1.77. The third kappa shape index (κ3) is 3.19. The summed E-state index contributed by atoms with van der Waals surface area (Å²) in [6, 6.07) is 6.26. The van der Waals surface area contributed by atoms with Gasteiger partial charge in [0.15, 0.2) is 5.82 Å². The predicted octanol–water partition coefficient (Wildman–Crippen LogP) is 2.32. The molecule has 0 radical (unpaired) electrons. The quantitative estimate of drug-likeness (QED) is 0.862. The highest BCUT2D eigenvalue weighted by Crippen LogP contribution is 2.29. The summed E-state index contributed by atoms with van der Waals surface area (Å²) in [5.41, 5.74) is 2.34. The first-order chi connectivity index (χ1) is 10.3. The summed E-state index contributed by atoms with van der Waals surface area (Å²) in [6.45, 7) is 4.47. The van der Waals surface area contributed by atoms with Crippen LogP contribution < -0.4 is 4.90 Å². The zero-order chi connectivity index (χ0) is 14.7. The fourth-order valence-electron chi connectivity index (χ4n) is 2.84. The molecule has 21 heavy (non-hydrogen) atoms. The van der Waals surface area contributed by atoms with Crippen molar-refractivity contribution in [2.24, 2.45) is 0 Å². The van der Waals surface area contributed by atoms with E-state index in [9.17, 15) is 0 Å². The third-order valence-corrected chi connectivity index (χ3v) is 3.85. The summed E-state index contributed by atoms with van der Waals surface area (Å²) >= 11 is 0. The number of hydrogen-bond acceptors (Lipinski definition) is 5. The molecular weight excluding hydrogens is 264 g/mol. The van der Waals surface area contributed by atoms with E-state index in [-0.39, 0.29) is 0 Å². The Morgan fingerprint density at radius 3 is 2.86 bits per heavy atom. The Morgan fingerprint density at radius 2 is 2.10 bits per heavy atom. The van der Waals surface area contributed by atoms with Crippen molar-refractivity contribution in [3.8, 4) is 0 Å². The molecule has 0 aromatic carbocycles. The molecular formula is C16H20N4O. The van der Waals surface area contributed by atoms with E-state index in [1.807, 2.05) is 25.4 Å². The number of pyridine rings is 1. The van der Waals surface area contributed by atoms with Crippen LogP contribution in [0.4, 0.5) is 5.82 Å². The van der Waals surface area contributed by atoms with Crippen LogP contribution in [0.5, 0.6) is 0 Å². The van der Waals surface area contributed by atoms with E-state index in [0.717, 1.165) is 36.8 Å². The second-order valence-corrected chi connectivity index (χ2v) is 5.43. The lowest BCUT2D eigenvalue weighted by atomic mass is 10.00. The maximum Gasteiger partial charge on any atom is 0.156 e. The fourth-order valence-corrected chi connectivity index (χ4v) is 2.84. The van der Waals surface area contributed by atoms with Gasteiger partial charge in [0.2, 0.25) is 0 Å². The van der Waals surface area contributed by atoms with E-state index >= 15 is 0 Å². The van der Waals surface area contributed by atoms with E-state index in [4.69, 9.17) is 4.74 Å². The molecule has 1 aliphatic rings. The van der Waals surface area contributed by atoms with Crippen LogP contribution in [0.15, 0.2) is 30.6 Å². The van der Waals surface area contributed by atoms with Crippen molar-refractivity contribution < 1.29 is 4.74 Å².